The van der Waals surface area contributed by atoms with Crippen LogP contribution in [0, 0.1) is 0 Å². The molecule has 23 heavy (non-hydrogen) atoms. The van der Waals surface area contributed by atoms with Crippen LogP contribution < -0.4 is 24.8 Å². The van der Waals surface area contributed by atoms with Gasteiger partial charge >= 0.3 is 25.8 Å². The SMILES string of the molecule is CCCc1cc[cH-]c1.C[SiH]C.[Cl-].[Cl-].[Hf+4].c1ccc2[cH-]ccc2c1. The van der Waals surface area contributed by atoms with Crippen molar-refractivity contribution in [3.63, 3.8) is 0 Å². The van der Waals surface area contributed by atoms with Gasteiger partial charge in [-0.2, -0.15) is 41.3 Å². The Balaban J connectivity index is -0.000000270. The zero-order chi connectivity index (χ0) is 14.6. The van der Waals surface area contributed by atoms with Gasteiger partial charge in [0.15, 0.2) is 0 Å². The summed E-state index contributed by atoms with van der Waals surface area (Å²) in [6, 6.07) is 23.2. The van der Waals surface area contributed by atoms with Crippen LogP contribution in [-0.2, 0) is 32.3 Å². The van der Waals surface area contributed by atoms with E-state index in [1.165, 1.54) is 29.2 Å². The van der Waals surface area contributed by atoms with Crippen LogP contribution in [0.15, 0.2) is 66.7 Å². The third-order valence-corrected chi connectivity index (χ3v) is 2.82. The Kier molecular flexibility index (Phi) is 21.9. The molecule has 0 aliphatic heterocycles. The summed E-state index contributed by atoms with van der Waals surface area (Å²) in [5, 5.41) is 2.66. The Bertz CT molecular complexity index is 531. The second kappa shape index (κ2) is 18.2. The minimum atomic E-state index is 0. The summed E-state index contributed by atoms with van der Waals surface area (Å²) in [4.78, 5) is 0. The zero-order valence-electron chi connectivity index (χ0n) is 14.1. The fraction of sp³-hybridized carbons (Fsp3) is 0.263. The molecule has 0 aliphatic carbocycles. The van der Waals surface area contributed by atoms with Gasteiger partial charge < -0.3 is 24.8 Å². The molecule has 0 aliphatic rings. The summed E-state index contributed by atoms with van der Waals surface area (Å²) < 4.78 is 0. The van der Waals surface area contributed by atoms with E-state index in [4.69, 9.17) is 0 Å². The number of fused-ring (bicyclic) bond motifs is 1. The molecule has 0 amide bonds. The molecule has 0 spiro atoms. The molecule has 3 aromatic rings. The van der Waals surface area contributed by atoms with Gasteiger partial charge in [0, 0.05) is 9.52 Å². The smallest absolute Gasteiger partial charge is 1.00 e. The summed E-state index contributed by atoms with van der Waals surface area (Å²) in [5.41, 5.74) is 1.47. The summed E-state index contributed by atoms with van der Waals surface area (Å²) in [5.74, 6) is 0. The van der Waals surface area contributed by atoms with Crippen LogP contribution in [0.1, 0.15) is 18.9 Å². The maximum absolute atomic E-state index is 2.21. The summed E-state index contributed by atoms with van der Waals surface area (Å²) in [7, 11) is 0.750. The summed E-state index contributed by atoms with van der Waals surface area (Å²) >= 11 is 0. The molecule has 0 fully saturated rings. The minimum Gasteiger partial charge on any atom is -1.00 e. The van der Waals surface area contributed by atoms with Crippen molar-refractivity contribution < 1.29 is 50.7 Å². The molecule has 4 heteroatoms. The number of aryl methyl sites for hydroxylation is 1. The van der Waals surface area contributed by atoms with Crippen molar-refractivity contribution in [1.82, 2.24) is 0 Å². The Labute approximate surface area is 175 Å². The fourth-order valence-electron chi connectivity index (χ4n) is 1.94. The molecule has 1 radical (unpaired) electrons. The predicted molar refractivity (Wildman–Crippen MR) is 94.4 cm³/mol. The molecule has 0 heterocycles. The maximum atomic E-state index is 2.21. The van der Waals surface area contributed by atoms with Crippen molar-refractivity contribution in [3.8, 4) is 0 Å². The molecule has 0 aromatic heterocycles. The normalized spacial score (nSPS) is 8.13. The predicted octanol–water partition coefficient (Wildman–Crippen LogP) is -0.559. The fourth-order valence-corrected chi connectivity index (χ4v) is 1.94. The van der Waals surface area contributed by atoms with Gasteiger partial charge in [0.25, 0.3) is 0 Å². The van der Waals surface area contributed by atoms with Gasteiger partial charge in [0.2, 0.25) is 0 Å². The number of hydrogen-bond donors (Lipinski definition) is 0. The van der Waals surface area contributed by atoms with E-state index in [0.717, 1.165) is 9.52 Å². The molecule has 0 N–H and O–H groups in total. The molecule has 0 unspecified atom stereocenters. The molecule has 3 rings (SSSR count). The third-order valence-electron chi connectivity index (χ3n) is 2.82. The van der Waals surface area contributed by atoms with Gasteiger partial charge in [-0.25, -0.2) is 6.07 Å². The van der Waals surface area contributed by atoms with Crippen molar-refractivity contribution in [2.45, 2.75) is 32.9 Å². The van der Waals surface area contributed by atoms with E-state index in [0.29, 0.717) is 0 Å². The molecule has 3 aromatic carbocycles. The van der Waals surface area contributed by atoms with Gasteiger partial charge in [0.1, 0.15) is 0 Å². The second-order valence-corrected chi connectivity index (χ2v) is 5.93. The zero-order valence-corrected chi connectivity index (χ0v) is 20.4. The first-order valence-electron chi connectivity index (χ1n) is 7.36. The monoisotopic (exact) mass is 531 g/mol. The quantitative estimate of drug-likeness (QED) is 0.308. The van der Waals surface area contributed by atoms with Crippen molar-refractivity contribution in [3.05, 3.63) is 72.3 Å². The third kappa shape index (κ3) is 11.9. The first-order valence-corrected chi connectivity index (χ1v) is 9.67. The molecule has 0 saturated carbocycles. The van der Waals surface area contributed by atoms with Crippen molar-refractivity contribution in [2.75, 3.05) is 0 Å². The van der Waals surface area contributed by atoms with Crippen LogP contribution in [0.4, 0.5) is 0 Å². The average Bonchev–Trinajstić information content (AvgIpc) is 3.11. The summed E-state index contributed by atoms with van der Waals surface area (Å²) in [6.45, 7) is 6.62. The minimum absolute atomic E-state index is 0. The first-order chi connectivity index (χ1) is 9.81. The topological polar surface area (TPSA) is 0 Å². The molecule has 123 valence electrons. The standard InChI is InChI=1S/C9H7.C8H11.C2H7Si.2ClH.Hf/c1-2-5-9-7-3-6-8(9)4-1;1-2-5-8-6-3-4-7-8;1-3-2;;;/h1-7H;3-4,6-7H,2,5H2,1H3;3H,1-2H3;2*1H;/q2*-1;;;;+4/p-2. The van der Waals surface area contributed by atoms with E-state index in [1.54, 1.807) is 0 Å². The van der Waals surface area contributed by atoms with Crippen molar-refractivity contribution in [2.24, 2.45) is 0 Å². The Morgan fingerprint density at radius 2 is 1.61 bits per heavy atom. The second-order valence-electron chi connectivity index (χ2n) is 4.78. The average molecular weight is 531 g/mol. The molecular formula is C19H25Cl2HfSi. The van der Waals surface area contributed by atoms with E-state index < -0.39 is 0 Å². The van der Waals surface area contributed by atoms with Gasteiger partial charge in [-0.3, -0.25) is 0 Å². The Morgan fingerprint density at radius 1 is 0.957 bits per heavy atom. The van der Waals surface area contributed by atoms with Gasteiger partial charge in [-0.05, 0) is 0 Å². The molecule has 0 nitrogen and oxygen atoms in total. The number of rotatable bonds is 2. The van der Waals surface area contributed by atoms with Crippen LogP contribution in [0.3, 0.4) is 0 Å². The van der Waals surface area contributed by atoms with E-state index in [2.05, 4.69) is 86.7 Å². The van der Waals surface area contributed by atoms with Gasteiger partial charge in [-0.1, -0.05) is 38.9 Å². The van der Waals surface area contributed by atoms with E-state index in [9.17, 15) is 0 Å². The van der Waals surface area contributed by atoms with Gasteiger partial charge in [-0.15, -0.1) is 29.7 Å². The van der Waals surface area contributed by atoms with Gasteiger partial charge in [0.05, 0.1) is 0 Å². The number of hydrogen-bond acceptors (Lipinski definition) is 0. The van der Waals surface area contributed by atoms with E-state index >= 15 is 0 Å². The van der Waals surface area contributed by atoms with Crippen molar-refractivity contribution >= 4 is 20.3 Å². The maximum Gasteiger partial charge on any atom is 4.00 e. The number of halogens is 2. The van der Waals surface area contributed by atoms with E-state index in [1.807, 2.05) is 0 Å². The van der Waals surface area contributed by atoms with Crippen LogP contribution in [0.5, 0.6) is 0 Å². The summed E-state index contributed by atoms with van der Waals surface area (Å²) in [6.07, 6.45) is 2.48. The molecule has 0 atom stereocenters. The van der Waals surface area contributed by atoms with Crippen LogP contribution in [-0.4, -0.2) is 9.52 Å². The van der Waals surface area contributed by atoms with Crippen LogP contribution >= 0.6 is 0 Å². The van der Waals surface area contributed by atoms with E-state index in [-0.39, 0.29) is 50.7 Å². The molecular weight excluding hydrogens is 506 g/mol. The molecule has 0 saturated heterocycles. The Hall–Kier alpha value is -0.153. The number of benzene rings is 1. The largest absolute Gasteiger partial charge is 4.00 e. The molecule has 0 bridgehead atoms. The first kappa shape index (κ1) is 27.7. The van der Waals surface area contributed by atoms with Crippen LogP contribution in [0.25, 0.3) is 10.8 Å². The van der Waals surface area contributed by atoms with Crippen LogP contribution in [0.2, 0.25) is 13.1 Å². The van der Waals surface area contributed by atoms with Crippen molar-refractivity contribution in [1.29, 1.82) is 0 Å². The Morgan fingerprint density at radius 3 is 2.13 bits per heavy atom.